The van der Waals surface area contributed by atoms with Crippen molar-refractivity contribution < 1.29 is 9.47 Å². The molecule has 12 nitrogen and oxygen atoms in total. The van der Waals surface area contributed by atoms with Crippen molar-refractivity contribution in [1.29, 1.82) is 0 Å². The van der Waals surface area contributed by atoms with Crippen molar-refractivity contribution in [3.05, 3.63) is 24.8 Å². The number of anilines is 4. The lowest BCUT2D eigenvalue weighted by Gasteiger charge is -2.12. The zero-order valence-electron chi connectivity index (χ0n) is 17.0. The molecule has 2 heterocycles. The molecule has 0 aromatic carbocycles. The Kier molecular flexibility index (Phi) is 8.18. The third-order valence-electron chi connectivity index (χ3n) is 3.28. The van der Waals surface area contributed by atoms with Crippen molar-refractivity contribution in [1.82, 2.24) is 29.9 Å². The normalized spacial score (nSPS) is 10.3. The first-order valence-electron chi connectivity index (χ1n) is 8.70. The predicted octanol–water partition coefficient (Wildman–Crippen LogP) is 1.64. The Labute approximate surface area is 169 Å². The molecular weight excluding hydrogens is 376 g/mol. The van der Waals surface area contributed by atoms with E-state index in [0.29, 0.717) is 46.6 Å². The molecule has 4 N–H and O–H groups in total. The Morgan fingerprint density at radius 2 is 1.00 bits per heavy atom. The molecule has 0 aliphatic rings. The van der Waals surface area contributed by atoms with Gasteiger partial charge in [0, 0.05) is 14.2 Å². The lowest BCUT2D eigenvalue weighted by molar-refractivity contribution is 0.220. The van der Waals surface area contributed by atoms with E-state index in [9.17, 15) is 0 Å². The number of methoxy groups -OCH3 is 2. The van der Waals surface area contributed by atoms with Gasteiger partial charge in [-0.25, -0.2) is 0 Å². The summed E-state index contributed by atoms with van der Waals surface area (Å²) in [6, 6.07) is 0. The van der Waals surface area contributed by atoms with Crippen molar-refractivity contribution >= 4 is 34.9 Å². The highest BCUT2D eigenvalue weighted by Crippen LogP contribution is 2.13. The molecule has 0 aliphatic heterocycles. The highest BCUT2D eigenvalue weighted by atomic mass is 16.5. The van der Waals surface area contributed by atoms with E-state index < -0.39 is 0 Å². The SMILES string of the molecule is C=C(C)c1nc(NCNc2nc(NCOC)nc(C(=C)C)n2)nc(NCOC)n1. The first-order chi connectivity index (χ1) is 13.9. The zero-order valence-corrected chi connectivity index (χ0v) is 17.0. The fraction of sp³-hybridized carbons (Fsp3) is 0.412. The molecule has 0 unspecified atom stereocenters. The van der Waals surface area contributed by atoms with Gasteiger partial charge in [0.05, 0.1) is 6.67 Å². The van der Waals surface area contributed by atoms with Crippen LogP contribution in [0.1, 0.15) is 25.5 Å². The van der Waals surface area contributed by atoms with Gasteiger partial charge < -0.3 is 30.7 Å². The van der Waals surface area contributed by atoms with Gasteiger partial charge >= 0.3 is 0 Å². The van der Waals surface area contributed by atoms with Gasteiger partial charge in [0.1, 0.15) is 13.5 Å². The molecule has 0 aliphatic carbocycles. The summed E-state index contributed by atoms with van der Waals surface area (Å²) < 4.78 is 9.97. The predicted molar refractivity (Wildman–Crippen MR) is 112 cm³/mol. The quantitative estimate of drug-likeness (QED) is 0.383. The summed E-state index contributed by atoms with van der Waals surface area (Å²) >= 11 is 0. The minimum Gasteiger partial charge on any atom is -0.364 e. The molecule has 2 aromatic heterocycles. The first kappa shape index (κ1) is 21.9. The van der Waals surface area contributed by atoms with Crippen LogP contribution >= 0.6 is 0 Å². The van der Waals surface area contributed by atoms with Crippen LogP contribution in [0.15, 0.2) is 13.2 Å². The third-order valence-corrected chi connectivity index (χ3v) is 3.28. The molecule has 0 saturated heterocycles. The van der Waals surface area contributed by atoms with Gasteiger partial charge in [-0.15, -0.1) is 0 Å². The summed E-state index contributed by atoms with van der Waals surface area (Å²) in [4.78, 5) is 25.8. The van der Waals surface area contributed by atoms with Crippen molar-refractivity contribution in [3.63, 3.8) is 0 Å². The number of nitrogens with zero attached hydrogens (tertiary/aromatic N) is 6. The van der Waals surface area contributed by atoms with E-state index in [1.807, 2.05) is 13.8 Å². The van der Waals surface area contributed by atoms with E-state index >= 15 is 0 Å². The smallest absolute Gasteiger partial charge is 0.229 e. The number of hydrogen-bond donors (Lipinski definition) is 4. The lowest BCUT2D eigenvalue weighted by Crippen LogP contribution is -2.19. The van der Waals surface area contributed by atoms with Crippen LogP contribution in [0, 0.1) is 0 Å². The standard InChI is InChI=1S/C17H26N10O2/c1-10(2)12-22-14(26-16(24-12)20-8-28-5)18-7-19-15-23-13(11(3)4)25-17(27-15)21-9-29-6/h1,3,7-9H2,2,4-6H3,(H2,18,20,22,24,26)(H2,19,21,23,25,27). The molecule has 156 valence electrons. The number of allylic oxidation sites excluding steroid dienone is 2. The van der Waals surface area contributed by atoms with Crippen LogP contribution in [0.25, 0.3) is 11.1 Å². The highest BCUT2D eigenvalue weighted by molar-refractivity contribution is 5.58. The zero-order chi connectivity index (χ0) is 21.2. The number of ether oxygens (including phenoxy) is 2. The number of nitrogens with one attached hydrogen (secondary N) is 4. The van der Waals surface area contributed by atoms with Crippen LogP contribution in [0.5, 0.6) is 0 Å². The summed E-state index contributed by atoms with van der Waals surface area (Å²) in [6.45, 7) is 12.2. The summed E-state index contributed by atoms with van der Waals surface area (Å²) in [5, 5.41) is 12.0. The van der Waals surface area contributed by atoms with E-state index in [1.165, 1.54) is 0 Å². The van der Waals surface area contributed by atoms with Gasteiger partial charge in [0.2, 0.25) is 23.8 Å². The molecule has 0 saturated carbocycles. The Morgan fingerprint density at radius 1 is 0.655 bits per heavy atom. The van der Waals surface area contributed by atoms with Crippen molar-refractivity contribution in [3.8, 4) is 0 Å². The van der Waals surface area contributed by atoms with E-state index in [2.05, 4.69) is 64.3 Å². The number of aromatic nitrogens is 6. The van der Waals surface area contributed by atoms with Gasteiger partial charge in [0.25, 0.3) is 0 Å². The second-order valence-electron chi connectivity index (χ2n) is 5.92. The molecule has 0 bridgehead atoms. The molecule has 2 aromatic rings. The van der Waals surface area contributed by atoms with E-state index in [-0.39, 0.29) is 20.1 Å². The van der Waals surface area contributed by atoms with E-state index in [4.69, 9.17) is 9.47 Å². The number of hydrogen-bond acceptors (Lipinski definition) is 12. The molecule has 12 heteroatoms. The minimum absolute atomic E-state index is 0.257. The minimum atomic E-state index is 0.257. The Bertz CT molecular complexity index is 789. The van der Waals surface area contributed by atoms with E-state index in [1.54, 1.807) is 14.2 Å². The average molecular weight is 402 g/mol. The maximum absolute atomic E-state index is 4.98. The number of rotatable bonds is 12. The second-order valence-corrected chi connectivity index (χ2v) is 5.92. The Balaban J connectivity index is 2.10. The Hall–Kier alpha value is -3.38. The van der Waals surface area contributed by atoms with Gasteiger partial charge in [-0.2, -0.15) is 29.9 Å². The molecule has 0 atom stereocenters. The van der Waals surface area contributed by atoms with Crippen LogP contribution in [-0.4, -0.2) is 64.3 Å². The topological polar surface area (TPSA) is 144 Å². The maximum atomic E-state index is 4.98. The van der Waals surface area contributed by atoms with Crippen LogP contribution in [0.2, 0.25) is 0 Å². The molecule has 0 spiro atoms. The van der Waals surface area contributed by atoms with Crippen molar-refractivity contribution in [2.75, 3.05) is 55.6 Å². The van der Waals surface area contributed by atoms with Crippen LogP contribution in [0.4, 0.5) is 23.8 Å². The third kappa shape index (κ3) is 6.93. The average Bonchev–Trinajstić information content (AvgIpc) is 2.70. The van der Waals surface area contributed by atoms with Crippen LogP contribution in [-0.2, 0) is 9.47 Å². The van der Waals surface area contributed by atoms with Gasteiger partial charge in [-0.05, 0) is 25.0 Å². The molecule has 0 radical (unpaired) electrons. The molecule has 0 amide bonds. The van der Waals surface area contributed by atoms with E-state index in [0.717, 1.165) is 0 Å². The molecule has 0 fully saturated rings. The summed E-state index contributed by atoms with van der Waals surface area (Å²) in [5.41, 5.74) is 1.42. The summed E-state index contributed by atoms with van der Waals surface area (Å²) in [6.07, 6.45) is 0. The first-order valence-corrected chi connectivity index (χ1v) is 8.70. The van der Waals surface area contributed by atoms with Gasteiger partial charge in [-0.3, -0.25) is 0 Å². The monoisotopic (exact) mass is 402 g/mol. The van der Waals surface area contributed by atoms with Gasteiger partial charge in [0.15, 0.2) is 11.6 Å². The molecule has 29 heavy (non-hydrogen) atoms. The van der Waals surface area contributed by atoms with Crippen LogP contribution in [0.3, 0.4) is 0 Å². The summed E-state index contributed by atoms with van der Waals surface area (Å²) in [5.74, 6) is 2.40. The van der Waals surface area contributed by atoms with Crippen molar-refractivity contribution in [2.45, 2.75) is 13.8 Å². The largest absolute Gasteiger partial charge is 0.364 e. The lowest BCUT2D eigenvalue weighted by atomic mass is 10.3. The summed E-state index contributed by atoms with van der Waals surface area (Å²) in [7, 11) is 3.14. The highest BCUT2D eigenvalue weighted by Gasteiger charge is 2.09. The fourth-order valence-electron chi connectivity index (χ4n) is 1.93. The second kappa shape index (κ2) is 10.8. The van der Waals surface area contributed by atoms with Gasteiger partial charge in [-0.1, -0.05) is 13.2 Å². The van der Waals surface area contributed by atoms with Crippen molar-refractivity contribution in [2.24, 2.45) is 0 Å². The fourth-order valence-corrected chi connectivity index (χ4v) is 1.93. The molecular formula is C17H26N10O2. The molecule has 2 rings (SSSR count). The maximum Gasteiger partial charge on any atom is 0.229 e. The Morgan fingerprint density at radius 3 is 1.31 bits per heavy atom. The van der Waals surface area contributed by atoms with Crippen LogP contribution < -0.4 is 21.3 Å².